The molecule has 0 atom stereocenters. The van der Waals surface area contributed by atoms with Crippen LogP contribution in [0.15, 0.2) is 75.9 Å². The van der Waals surface area contributed by atoms with Crippen molar-refractivity contribution in [2.45, 2.75) is 0 Å². The van der Waals surface area contributed by atoms with Crippen molar-refractivity contribution >= 4 is 32.6 Å². The van der Waals surface area contributed by atoms with Gasteiger partial charge in [-0.3, -0.25) is 10.2 Å². The van der Waals surface area contributed by atoms with Crippen LogP contribution < -0.4 is 11.1 Å². The fourth-order valence-corrected chi connectivity index (χ4v) is 3.28. The summed E-state index contributed by atoms with van der Waals surface area (Å²) in [6.45, 7) is 0. The third-order valence-electron chi connectivity index (χ3n) is 4.54. The number of H-pyrrole nitrogens is 1. The molecule has 2 N–H and O–H groups in total. The van der Waals surface area contributed by atoms with E-state index in [4.69, 9.17) is 9.83 Å². The van der Waals surface area contributed by atoms with Crippen LogP contribution in [0.1, 0.15) is 0 Å². The predicted octanol–water partition coefficient (Wildman–Crippen LogP) is 3.97. The molecule has 2 aromatic heterocycles. The number of para-hydroxylation sites is 1. The van der Waals surface area contributed by atoms with E-state index in [0.717, 1.165) is 16.2 Å². The Morgan fingerprint density at radius 3 is 2.54 bits per heavy atom. The maximum Gasteiger partial charge on any atom is 0.259 e. The predicted molar refractivity (Wildman–Crippen MR) is 101 cm³/mol. The van der Waals surface area contributed by atoms with E-state index < -0.39 is 0 Å². The maximum absolute atomic E-state index is 12.4. The van der Waals surface area contributed by atoms with Crippen LogP contribution in [0.4, 0.5) is 0 Å². The van der Waals surface area contributed by atoms with Gasteiger partial charge in [-0.25, -0.2) is 4.98 Å². The first-order valence-corrected chi connectivity index (χ1v) is 8.20. The van der Waals surface area contributed by atoms with Crippen LogP contribution in [0, 0.1) is 5.41 Å². The van der Waals surface area contributed by atoms with Crippen molar-refractivity contribution in [1.82, 2.24) is 9.97 Å². The summed E-state index contributed by atoms with van der Waals surface area (Å²) >= 11 is 0. The van der Waals surface area contributed by atoms with E-state index in [0.29, 0.717) is 27.9 Å². The lowest BCUT2D eigenvalue weighted by Gasteiger charge is -2.07. The zero-order valence-corrected chi connectivity index (χ0v) is 13.6. The Morgan fingerprint density at radius 2 is 1.65 bits per heavy atom. The van der Waals surface area contributed by atoms with Crippen LogP contribution in [0.25, 0.3) is 44.0 Å². The molecule has 26 heavy (non-hydrogen) atoms. The molecule has 5 aromatic rings. The number of benzene rings is 3. The lowest BCUT2D eigenvalue weighted by atomic mass is 10.0. The molecule has 0 aliphatic heterocycles. The molecule has 0 aliphatic carbocycles. The topological polar surface area (TPSA) is 82.7 Å². The van der Waals surface area contributed by atoms with Gasteiger partial charge in [0, 0.05) is 5.39 Å². The van der Waals surface area contributed by atoms with Gasteiger partial charge < -0.3 is 9.40 Å². The summed E-state index contributed by atoms with van der Waals surface area (Å²) in [7, 11) is 0. The molecule has 5 nitrogen and oxygen atoms in total. The third kappa shape index (κ3) is 2.14. The molecule has 5 rings (SSSR count). The fourth-order valence-electron chi connectivity index (χ4n) is 3.28. The van der Waals surface area contributed by atoms with Gasteiger partial charge in [0.25, 0.3) is 5.56 Å². The van der Waals surface area contributed by atoms with Crippen LogP contribution in [0.3, 0.4) is 0 Å². The minimum atomic E-state index is -0.233. The first kappa shape index (κ1) is 14.6. The fraction of sp³-hybridized carbons (Fsp3) is 0. The third-order valence-corrected chi connectivity index (χ3v) is 4.54. The number of aromatic amines is 1. The van der Waals surface area contributed by atoms with Gasteiger partial charge in [0.2, 0.25) is 5.55 Å². The molecule has 0 saturated heterocycles. The van der Waals surface area contributed by atoms with Crippen LogP contribution in [-0.2, 0) is 0 Å². The minimum absolute atomic E-state index is 0.0359. The van der Waals surface area contributed by atoms with Crippen molar-refractivity contribution in [2.75, 3.05) is 0 Å². The number of nitrogens with one attached hydrogen (secondary N) is 2. The summed E-state index contributed by atoms with van der Waals surface area (Å²) in [6, 6.07) is 20.8. The molecule has 5 heteroatoms. The largest absolute Gasteiger partial charge is 0.438 e. The molecule has 0 aliphatic rings. The molecule has 0 fully saturated rings. The van der Waals surface area contributed by atoms with Gasteiger partial charge in [0.15, 0.2) is 0 Å². The lowest BCUT2D eigenvalue weighted by Crippen LogP contribution is -2.13. The molecule has 2 heterocycles. The average Bonchev–Trinajstić information content (AvgIpc) is 2.67. The number of fused-ring (bicyclic) bond motifs is 4. The summed E-state index contributed by atoms with van der Waals surface area (Å²) in [5.74, 6) is 0.331. The molecule has 0 spiro atoms. The van der Waals surface area contributed by atoms with Crippen molar-refractivity contribution < 1.29 is 4.42 Å². The molecular weight excluding hydrogens is 326 g/mol. The zero-order chi connectivity index (χ0) is 17.7. The molecule has 0 unspecified atom stereocenters. The Labute approximate surface area is 147 Å². The van der Waals surface area contributed by atoms with Crippen molar-refractivity contribution in [1.29, 1.82) is 5.41 Å². The highest BCUT2D eigenvalue weighted by Gasteiger charge is 2.12. The maximum atomic E-state index is 12.4. The lowest BCUT2D eigenvalue weighted by molar-refractivity contribution is 0.535. The molecule has 124 valence electrons. The Hall–Kier alpha value is -3.73. The quantitative estimate of drug-likeness (QED) is 0.453. The number of hydrogen-bond acceptors (Lipinski definition) is 4. The van der Waals surface area contributed by atoms with E-state index >= 15 is 0 Å². The van der Waals surface area contributed by atoms with Crippen LogP contribution in [0.2, 0.25) is 0 Å². The second-order valence-corrected chi connectivity index (χ2v) is 6.12. The number of nitrogens with zero attached hydrogens (tertiary/aromatic N) is 1. The summed E-state index contributed by atoms with van der Waals surface area (Å²) in [4.78, 5) is 19.7. The van der Waals surface area contributed by atoms with Crippen LogP contribution in [-0.4, -0.2) is 9.97 Å². The highest BCUT2D eigenvalue weighted by atomic mass is 16.3. The van der Waals surface area contributed by atoms with Gasteiger partial charge >= 0.3 is 0 Å². The summed E-state index contributed by atoms with van der Waals surface area (Å²) in [5, 5.41) is 11.8. The highest BCUT2D eigenvalue weighted by Crippen LogP contribution is 2.27. The van der Waals surface area contributed by atoms with Crippen LogP contribution in [0.5, 0.6) is 0 Å². The van der Waals surface area contributed by atoms with E-state index in [2.05, 4.69) is 9.97 Å². The van der Waals surface area contributed by atoms with E-state index in [1.54, 1.807) is 18.2 Å². The van der Waals surface area contributed by atoms with E-state index in [1.165, 1.54) is 0 Å². The highest BCUT2D eigenvalue weighted by molar-refractivity contribution is 6.06. The summed E-state index contributed by atoms with van der Waals surface area (Å²) in [5.41, 5.74) is 1.40. The number of rotatable bonds is 1. The van der Waals surface area contributed by atoms with Gasteiger partial charge in [0.1, 0.15) is 11.4 Å². The Balaban J connectivity index is 1.87. The van der Waals surface area contributed by atoms with Crippen molar-refractivity contribution in [3.05, 3.63) is 82.6 Å². The first-order valence-electron chi connectivity index (χ1n) is 8.20. The van der Waals surface area contributed by atoms with Gasteiger partial charge in [-0.2, -0.15) is 0 Å². The van der Waals surface area contributed by atoms with Crippen LogP contribution >= 0.6 is 0 Å². The normalized spacial score (nSPS) is 11.4. The monoisotopic (exact) mass is 339 g/mol. The first-order chi connectivity index (χ1) is 12.7. The Kier molecular flexibility index (Phi) is 3.03. The van der Waals surface area contributed by atoms with E-state index in [9.17, 15) is 4.79 Å². The number of hydrogen-bond donors (Lipinski definition) is 2. The SMILES string of the molecule is N=c1oc2ccc3ccccc3c2cc1-c1nc2ccccc2c(=O)[nH]1. The Morgan fingerprint density at radius 1 is 0.885 bits per heavy atom. The Bertz CT molecular complexity index is 1430. The standard InChI is InChI=1S/C21H13N3O2/c22-19-16(20-23-17-8-4-3-7-14(17)21(25)24-20)11-15-13-6-2-1-5-12(13)9-10-18(15)26-19/h1-11,22H,(H,23,24,25). The second-order valence-electron chi connectivity index (χ2n) is 6.12. The molecule has 0 amide bonds. The van der Waals surface area contributed by atoms with E-state index in [-0.39, 0.29) is 11.1 Å². The molecule has 3 aromatic carbocycles. The van der Waals surface area contributed by atoms with Gasteiger partial charge in [0.05, 0.1) is 16.5 Å². The summed E-state index contributed by atoms with van der Waals surface area (Å²) in [6.07, 6.45) is 0. The van der Waals surface area contributed by atoms with E-state index in [1.807, 2.05) is 48.5 Å². The van der Waals surface area contributed by atoms with Gasteiger partial charge in [-0.15, -0.1) is 0 Å². The average molecular weight is 339 g/mol. The van der Waals surface area contributed by atoms with Gasteiger partial charge in [-0.05, 0) is 35.0 Å². The van der Waals surface area contributed by atoms with Gasteiger partial charge in [-0.1, -0.05) is 42.5 Å². The second kappa shape index (κ2) is 5.39. The zero-order valence-electron chi connectivity index (χ0n) is 13.6. The molecule has 0 bridgehead atoms. The van der Waals surface area contributed by atoms with Crippen molar-refractivity contribution in [3.63, 3.8) is 0 Å². The smallest absolute Gasteiger partial charge is 0.259 e. The molecule has 0 radical (unpaired) electrons. The molecular formula is C21H13N3O2. The summed E-state index contributed by atoms with van der Waals surface area (Å²) < 4.78 is 5.71. The molecule has 0 saturated carbocycles. The number of aromatic nitrogens is 2. The van der Waals surface area contributed by atoms with Crippen molar-refractivity contribution in [3.8, 4) is 11.4 Å². The minimum Gasteiger partial charge on any atom is -0.438 e. The van der Waals surface area contributed by atoms with Crippen molar-refractivity contribution in [2.24, 2.45) is 0 Å².